The van der Waals surface area contributed by atoms with E-state index < -0.39 is 0 Å². The normalized spacial score (nSPS) is 27.0. The molecule has 0 radical (unpaired) electrons. The number of rotatable bonds is 10. The molecule has 2 aliphatic rings. The fourth-order valence-electron chi connectivity index (χ4n) is 5.61. The molecule has 0 aromatic heterocycles. The fraction of sp³-hybridized carbons (Fsp3) is 0.750. The summed E-state index contributed by atoms with van der Waals surface area (Å²) in [6, 6.07) is 8.35. The third-order valence-electron chi connectivity index (χ3n) is 7.71. The predicted molar refractivity (Wildman–Crippen MR) is 126 cm³/mol. The molecule has 2 saturated carbocycles. The minimum atomic E-state index is -0.126. The van der Waals surface area contributed by atoms with E-state index in [1.54, 1.807) is 0 Å². The van der Waals surface area contributed by atoms with Crippen LogP contribution >= 0.6 is 0 Å². The fourth-order valence-corrected chi connectivity index (χ4v) is 5.61. The lowest BCUT2D eigenvalue weighted by atomic mass is 9.77. The van der Waals surface area contributed by atoms with E-state index in [-0.39, 0.29) is 12.1 Å². The van der Waals surface area contributed by atoms with Gasteiger partial charge in [0.25, 0.3) is 0 Å². The Labute approximate surface area is 185 Å². The van der Waals surface area contributed by atoms with Crippen LogP contribution in [0.15, 0.2) is 24.3 Å². The smallest absolute Gasteiger partial charge is 0.338 e. The Hall–Kier alpha value is -1.31. The van der Waals surface area contributed by atoms with Gasteiger partial charge in [0.1, 0.15) is 6.10 Å². The highest BCUT2D eigenvalue weighted by molar-refractivity contribution is 5.89. The Morgan fingerprint density at radius 3 is 1.93 bits per heavy atom. The molecule has 1 aromatic rings. The summed E-state index contributed by atoms with van der Waals surface area (Å²) in [6.07, 6.45) is 19.5. The zero-order valence-electron chi connectivity index (χ0n) is 19.5. The Morgan fingerprint density at radius 1 is 0.767 bits per heavy atom. The predicted octanol–water partition coefficient (Wildman–Crippen LogP) is 8.45. The minimum absolute atomic E-state index is 0.123. The average molecular weight is 413 g/mol. The van der Waals surface area contributed by atoms with Crippen molar-refractivity contribution in [3.05, 3.63) is 35.4 Å². The molecule has 30 heavy (non-hydrogen) atoms. The minimum Gasteiger partial charge on any atom is -0.459 e. The number of hydrogen-bond acceptors (Lipinski definition) is 2. The molecule has 168 valence electrons. The van der Waals surface area contributed by atoms with Gasteiger partial charge in [-0.2, -0.15) is 0 Å². The van der Waals surface area contributed by atoms with Gasteiger partial charge in [-0.1, -0.05) is 70.9 Å². The number of ether oxygens (including phenoxy) is 1. The molecule has 0 aliphatic heterocycles. The summed E-state index contributed by atoms with van der Waals surface area (Å²) in [6.45, 7) is 4.56. The van der Waals surface area contributed by atoms with Gasteiger partial charge in [0.05, 0.1) is 5.56 Å². The van der Waals surface area contributed by atoms with Crippen LogP contribution in [0.2, 0.25) is 0 Å². The Bertz CT molecular complexity index is 604. The first-order valence-electron chi connectivity index (χ1n) is 13.0. The lowest BCUT2D eigenvalue weighted by Crippen LogP contribution is -2.24. The number of unbranched alkanes of at least 4 members (excludes halogenated alkanes) is 3. The second-order valence-corrected chi connectivity index (χ2v) is 10.0. The van der Waals surface area contributed by atoms with Crippen molar-refractivity contribution in [1.29, 1.82) is 0 Å². The van der Waals surface area contributed by atoms with Crippen LogP contribution in [-0.2, 0) is 4.74 Å². The van der Waals surface area contributed by atoms with Crippen LogP contribution in [0.25, 0.3) is 0 Å². The van der Waals surface area contributed by atoms with E-state index in [9.17, 15) is 4.79 Å². The van der Waals surface area contributed by atoms with Crippen molar-refractivity contribution in [3.8, 4) is 0 Å². The first kappa shape index (κ1) is 23.4. The van der Waals surface area contributed by atoms with Gasteiger partial charge in [-0.15, -0.1) is 0 Å². The van der Waals surface area contributed by atoms with E-state index in [1.807, 2.05) is 12.1 Å². The highest BCUT2D eigenvalue weighted by Gasteiger charge is 2.25. The van der Waals surface area contributed by atoms with Crippen molar-refractivity contribution in [2.24, 2.45) is 11.8 Å². The maximum absolute atomic E-state index is 12.6. The molecule has 2 aliphatic carbocycles. The van der Waals surface area contributed by atoms with Crippen LogP contribution in [0, 0.1) is 11.8 Å². The standard InChI is InChI=1S/C28H44O2/c1-3-5-7-9-23-12-20-27(21-13-23)30-28(29)26-18-16-25(17-19-26)24-14-10-22(11-15-24)8-6-4-2/h16-19,22-24,27H,3-15,20-21H2,1-2H3. The summed E-state index contributed by atoms with van der Waals surface area (Å²) >= 11 is 0. The molecule has 0 saturated heterocycles. The second-order valence-electron chi connectivity index (χ2n) is 10.0. The molecule has 0 unspecified atom stereocenters. The molecule has 2 fully saturated rings. The van der Waals surface area contributed by atoms with Crippen LogP contribution in [0.1, 0.15) is 132 Å². The van der Waals surface area contributed by atoms with Gasteiger partial charge in [-0.05, 0) is 86.8 Å². The maximum atomic E-state index is 12.6. The molecule has 3 rings (SSSR count). The zero-order chi connectivity index (χ0) is 21.2. The summed E-state index contributed by atoms with van der Waals surface area (Å²) in [5, 5.41) is 0. The lowest BCUT2D eigenvalue weighted by molar-refractivity contribution is 0.0161. The second kappa shape index (κ2) is 12.5. The summed E-state index contributed by atoms with van der Waals surface area (Å²) in [5.74, 6) is 2.34. The number of carbonyl (C=O) groups is 1. The molecule has 0 bridgehead atoms. The average Bonchev–Trinajstić information content (AvgIpc) is 2.79. The van der Waals surface area contributed by atoms with Crippen molar-refractivity contribution in [2.45, 2.75) is 122 Å². The van der Waals surface area contributed by atoms with E-state index in [2.05, 4.69) is 26.0 Å². The highest BCUT2D eigenvalue weighted by atomic mass is 16.5. The lowest BCUT2D eigenvalue weighted by Gasteiger charge is -2.29. The first-order chi connectivity index (χ1) is 14.7. The van der Waals surface area contributed by atoms with Crippen molar-refractivity contribution in [1.82, 2.24) is 0 Å². The van der Waals surface area contributed by atoms with E-state index >= 15 is 0 Å². The molecule has 0 heterocycles. The Balaban J connectivity index is 1.40. The van der Waals surface area contributed by atoms with E-state index in [0.717, 1.165) is 30.2 Å². The van der Waals surface area contributed by atoms with Crippen LogP contribution in [-0.4, -0.2) is 12.1 Å². The first-order valence-corrected chi connectivity index (χ1v) is 13.0. The SMILES string of the molecule is CCCCCC1CCC(OC(=O)c2ccc(C3CCC(CCCC)CC3)cc2)CC1. The summed E-state index contributed by atoms with van der Waals surface area (Å²) in [5.41, 5.74) is 2.13. The third-order valence-corrected chi connectivity index (χ3v) is 7.71. The van der Waals surface area contributed by atoms with E-state index in [0.29, 0.717) is 5.92 Å². The van der Waals surface area contributed by atoms with Crippen molar-refractivity contribution >= 4 is 5.97 Å². The Kier molecular flexibility index (Phi) is 9.75. The van der Waals surface area contributed by atoms with E-state index in [4.69, 9.17) is 4.74 Å². The van der Waals surface area contributed by atoms with Gasteiger partial charge < -0.3 is 4.74 Å². The summed E-state index contributed by atoms with van der Waals surface area (Å²) in [4.78, 5) is 12.6. The largest absolute Gasteiger partial charge is 0.459 e. The molecule has 0 atom stereocenters. The van der Waals surface area contributed by atoms with Gasteiger partial charge in [-0.3, -0.25) is 0 Å². The summed E-state index contributed by atoms with van der Waals surface area (Å²) < 4.78 is 5.85. The topological polar surface area (TPSA) is 26.3 Å². The maximum Gasteiger partial charge on any atom is 0.338 e. The molecule has 2 nitrogen and oxygen atoms in total. The number of benzene rings is 1. The van der Waals surface area contributed by atoms with Crippen LogP contribution in [0.5, 0.6) is 0 Å². The molecule has 2 heteroatoms. The molecule has 0 N–H and O–H groups in total. The van der Waals surface area contributed by atoms with E-state index in [1.165, 1.54) is 89.0 Å². The molecular formula is C28H44O2. The number of hydrogen-bond donors (Lipinski definition) is 0. The van der Waals surface area contributed by atoms with Crippen molar-refractivity contribution < 1.29 is 9.53 Å². The van der Waals surface area contributed by atoms with Gasteiger partial charge >= 0.3 is 5.97 Å². The number of carbonyl (C=O) groups excluding carboxylic acids is 1. The number of esters is 1. The molecule has 1 aromatic carbocycles. The van der Waals surface area contributed by atoms with Crippen LogP contribution < -0.4 is 0 Å². The zero-order valence-corrected chi connectivity index (χ0v) is 19.5. The van der Waals surface area contributed by atoms with Crippen molar-refractivity contribution in [3.63, 3.8) is 0 Å². The van der Waals surface area contributed by atoms with Crippen LogP contribution in [0.3, 0.4) is 0 Å². The van der Waals surface area contributed by atoms with Crippen LogP contribution in [0.4, 0.5) is 0 Å². The quantitative estimate of drug-likeness (QED) is 0.284. The Morgan fingerprint density at radius 2 is 1.33 bits per heavy atom. The van der Waals surface area contributed by atoms with Gasteiger partial charge in [0, 0.05) is 0 Å². The molecular weight excluding hydrogens is 368 g/mol. The molecule has 0 amide bonds. The third kappa shape index (κ3) is 7.13. The molecule has 0 spiro atoms. The highest BCUT2D eigenvalue weighted by Crippen LogP contribution is 2.38. The summed E-state index contributed by atoms with van der Waals surface area (Å²) in [7, 11) is 0. The van der Waals surface area contributed by atoms with Gasteiger partial charge in [0.15, 0.2) is 0 Å². The van der Waals surface area contributed by atoms with Crippen molar-refractivity contribution in [2.75, 3.05) is 0 Å². The van der Waals surface area contributed by atoms with Gasteiger partial charge in [-0.25, -0.2) is 4.79 Å². The monoisotopic (exact) mass is 412 g/mol. The van der Waals surface area contributed by atoms with Gasteiger partial charge in [0.2, 0.25) is 0 Å².